The average molecular weight is 432 g/mol. The van der Waals surface area contributed by atoms with Crippen molar-refractivity contribution in [1.29, 1.82) is 0 Å². The molecule has 31 heavy (non-hydrogen) atoms. The zero-order valence-electron chi connectivity index (χ0n) is 16.6. The zero-order chi connectivity index (χ0) is 21.4. The van der Waals surface area contributed by atoms with Gasteiger partial charge in [-0.15, -0.1) is 0 Å². The largest absolute Gasteiger partial charge is 0.333 e. The Labute approximate surface area is 184 Å². The minimum absolute atomic E-state index is 0.115. The van der Waals surface area contributed by atoms with Crippen molar-refractivity contribution in [2.45, 2.75) is 13.0 Å². The second-order valence-corrected chi connectivity index (χ2v) is 7.94. The lowest BCUT2D eigenvalue weighted by Crippen LogP contribution is -2.37. The van der Waals surface area contributed by atoms with Crippen molar-refractivity contribution in [3.05, 3.63) is 107 Å². The number of halogens is 2. The van der Waals surface area contributed by atoms with E-state index in [0.717, 1.165) is 17.5 Å². The highest BCUT2D eigenvalue weighted by molar-refractivity contribution is 6.32. The molecule has 4 nitrogen and oxygen atoms in total. The van der Waals surface area contributed by atoms with E-state index >= 15 is 0 Å². The number of aromatic nitrogens is 2. The van der Waals surface area contributed by atoms with Crippen LogP contribution in [0.4, 0.5) is 4.39 Å². The van der Waals surface area contributed by atoms with Gasteiger partial charge in [-0.2, -0.15) is 5.10 Å². The molecule has 1 aliphatic rings. The number of hydrogen-bond acceptors (Lipinski definition) is 2. The molecule has 0 aliphatic carbocycles. The van der Waals surface area contributed by atoms with Gasteiger partial charge in [-0.3, -0.25) is 4.79 Å². The third-order valence-electron chi connectivity index (χ3n) is 5.57. The van der Waals surface area contributed by atoms with Gasteiger partial charge in [0.15, 0.2) is 0 Å². The summed E-state index contributed by atoms with van der Waals surface area (Å²) in [5.74, 6) is -0.437. The number of carbonyl (C=O) groups is 1. The maximum absolute atomic E-state index is 13.6. The molecule has 0 spiro atoms. The lowest BCUT2D eigenvalue weighted by atomic mass is 9.99. The number of carbonyl (C=O) groups excluding carboxylic acids is 1. The molecule has 0 saturated carbocycles. The summed E-state index contributed by atoms with van der Waals surface area (Å²) in [7, 11) is 0. The van der Waals surface area contributed by atoms with Crippen molar-refractivity contribution in [3.63, 3.8) is 0 Å². The van der Waals surface area contributed by atoms with E-state index in [2.05, 4.69) is 17.2 Å². The summed E-state index contributed by atoms with van der Waals surface area (Å²) in [5.41, 5.74) is 4.79. The summed E-state index contributed by atoms with van der Waals surface area (Å²) < 4.78 is 15.0. The standard InChI is InChI=1S/C25H19ClFN3O/c26-21-7-3-4-8-23(21)30-24(15-22(28-30)18-9-11-20(27)12-10-18)25(31)29-14-13-17-5-1-2-6-19(17)16-29/h1-12,15H,13-14,16H2. The van der Waals surface area contributed by atoms with Gasteiger partial charge in [-0.25, -0.2) is 9.07 Å². The molecule has 154 valence electrons. The van der Waals surface area contributed by atoms with Gasteiger partial charge in [0.25, 0.3) is 5.91 Å². The zero-order valence-corrected chi connectivity index (χ0v) is 17.4. The first-order valence-corrected chi connectivity index (χ1v) is 10.4. The Hall–Kier alpha value is -3.44. The van der Waals surface area contributed by atoms with E-state index in [9.17, 15) is 9.18 Å². The molecule has 0 unspecified atom stereocenters. The van der Waals surface area contributed by atoms with E-state index in [0.29, 0.717) is 35.2 Å². The molecule has 0 radical (unpaired) electrons. The van der Waals surface area contributed by atoms with E-state index in [-0.39, 0.29) is 11.7 Å². The van der Waals surface area contributed by atoms with Crippen LogP contribution < -0.4 is 0 Å². The van der Waals surface area contributed by atoms with Gasteiger partial charge < -0.3 is 4.90 Å². The van der Waals surface area contributed by atoms with E-state index in [1.807, 2.05) is 35.2 Å². The van der Waals surface area contributed by atoms with Gasteiger partial charge in [0, 0.05) is 18.7 Å². The summed E-state index contributed by atoms with van der Waals surface area (Å²) in [4.78, 5) is 15.4. The Morgan fingerprint density at radius 2 is 1.65 bits per heavy atom. The highest BCUT2D eigenvalue weighted by atomic mass is 35.5. The minimum atomic E-state index is -0.322. The van der Waals surface area contributed by atoms with Crippen molar-refractivity contribution in [2.75, 3.05) is 6.54 Å². The smallest absolute Gasteiger partial charge is 0.272 e. The maximum atomic E-state index is 13.6. The molecule has 6 heteroatoms. The predicted molar refractivity (Wildman–Crippen MR) is 119 cm³/mol. The molecular weight excluding hydrogens is 413 g/mol. The lowest BCUT2D eigenvalue weighted by molar-refractivity contribution is 0.0725. The highest BCUT2D eigenvalue weighted by Gasteiger charge is 2.26. The van der Waals surface area contributed by atoms with Crippen LogP contribution in [0.3, 0.4) is 0 Å². The van der Waals surface area contributed by atoms with Gasteiger partial charge in [-0.05, 0) is 60.0 Å². The van der Waals surface area contributed by atoms with E-state index < -0.39 is 0 Å². The molecule has 0 fully saturated rings. The molecule has 2 heterocycles. The fourth-order valence-electron chi connectivity index (χ4n) is 3.93. The first-order chi connectivity index (χ1) is 15.1. The first-order valence-electron chi connectivity index (χ1n) is 10.1. The van der Waals surface area contributed by atoms with Gasteiger partial charge in [0.2, 0.25) is 0 Å². The SMILES string of the molecule is O=C(c1cc(-c2ccc(F)cc2)nn1-c1ccccc1Cl)N1CCc2ccccc2C1. The Bertz CT molecular complexity index is 1270. The molecule has 1 aliphatic heterocycles. The summed E-state index contributed by atoms with van der Waals surface area (Å²) in [6.45, 7) is 1.18. The Kier molecular flexibility index (Phi) is 5.04. The Morgan fingerprint density at radius 3 is 2.42 bits per heavy atom. The van der Waals surface area contributed by atoms with E-state index in [1.165, 1.54) is 17.7 Å². The number of nitrogens with zero attached hydrogens (tertiary/aromatic N) is 3. The Morgan fingerprint density at radius 1 is 0.935 bits per heavy atom. The number of benzene rings is 3. The van der Waals surface area contributed by atoms with Crippen LogP contribution in [0.1, 0.15) is 21.6 Å². The van der Waals surface area contributed by atoms with Crippen LogP contribution in [0, 0.1) is 5.82 Å². The van der Waals surface area contributed by atoms with Crippen LogP contribution in [0.25, 0.3) is 16.9 Å². The Balaban J connectivity index is 1.57. The van der Waals surface area contributed by atoms with Crippen molar-refractivity contribution >= 4 is 17.5 Å². The predicted octanol–water partition coefficient (Wildman–Crippen LogP) is 5.53. The van der Waals surface area contributed by atoms with Gasteiger partial charge in [0.05, 0.1) is 16.4 Å². The third-order valence-corrected chi connectivity index (χ3v) is 5.89. The quantitative estimate of drug-likeness (QED) is 0.427. The van der Waals surface area contributed by atoms with Crippen LogP contribution >= 0.6 is 11.6 Å². The van der Waals surface area contributed by atoms with Gasteiger partial charge >= 0.3 is 0 Å². The fraction of sp³-hybridized carbons (Fsp3) is 0.120. The second kappa shape index (κ2) is 8.00. The molecule has 0 N–H and O–H groups in total. The average Bonchev–Trinajstić information content (AvgIpc) is 3.24. The third kappa shape index (κ3) is 3.73. The topological polar surface area (TPSA) is 38.1 Å². The van der Waals surface area contributed by atoms with Crippen LogP contribution in [0.15, 0.2) is 78.9 Å². The summed E-state index contributed by atoms with van der Waals surface area (Å²) >= 11 is 6.43. The molecule has 5 rings (SSSR count). The molecule has 1 amide bonds. The van der Waals surface area contributed by atoms with Crippen LogP contribution in [0.2, 0.25) is 5.02 Å². The molecule has 0 saturated heterocycles. The van der Waals surface area contributed by atoms with Crippen LogP contribution in [-0.4, -0.2) is 27.1 Å². The van der Waals surface area contributed by atoms with E-state index in [4.69, 9.17) is 11.6 Å². The van der Waals surface area contributed by atoms with Crippen molar-refractivity contribution < 1.29 is 9.18 Å². The number of hydrogen-bond donors (Lipinski definition) is 0. The lowest BCUT2D eigenvalue weighted by Gasteiger charge is -2.29. The van der Waals surface area contributed by atoms with Gasteiger partial charge in [-0.1, -0.05) is 48.0 Å². The maximum Gasteiger partial charge on any atom is 0.272 e. The number of amides is 1. The van der Waals surface area contributed by atoms with Crippen molar-refractivity contribution in [2.24, 2.45) is 0 Å². The molecule has 3 aromatic carbocycles. The minimum Gasteiger partial charge on any atom is -0.333 e. The number of rotatable bonds is 3. The highest BCUT2D eigenvalue weighted by Crippen LogP contribution is 2.28. The summed E-state index contributed by atoms with van der Waals surface area (Å²) in [6, 6.07) is 23.3. The van der Waals surface area contributed by atoms with Crippen LogP contribution in [-0.2, 0) is 13.0 Å². The second-order valence-electron chi connectivity index (χ2n) is 7.53. The molecular formula is C25H19ClFN3O. The molecule has 0 atom stereocenters. The number of para-hydroxylation sites is 1. The monoisotopic (exact) mass is 431 g/mol. The van der Waals surface area contributed by atoms with Crippen molar-refractivity contribution in [3.8, 4) is 16.9 Å². The summed E-state index contributed by atoms with van der Waals surface area (Å²) in [6.07, 6.45) is 0.812. The normalized spacial score (nSPS) is 13.2. The molecule has 0 bridgehead atoms. The fourth-order valence-corrected chi connectivity index (χ4v) is 4.15. The van der Waals surface area contributed by atoms with Gasteiger partial charge in [0.1, 0.15) is 11.5 Å². The number of fused-ring (bicyclic) bond motifs is 1. The molecule has 1 aromatic heterocycles. The van der Waals surface area contributed by atoms with E-state index in [1.54, 1.807) is 28.9 Å². The van der Waals surface area contributed by atoms with Crippen molar-refractivity contribution in [1.82, 2.24) is 14.7 Å². The van der Waals surface area contributed by atoms with Crippen LogP contribution in [0.5, 0.6) is 0 Å². The first kappa shape index (κ1) is 19.5. The summed E-state index contributed by atoms with van der Waals surface area (Å²) in [5, 5.41) is 5.16. The molecule has 4 aromatic rings.